The van der Waals surface area contributed by atoms with Crippen LogP contribution in [-0.4, -0.2) is 19.5 Å². The zero-order valence-electron chi connectivity index (χ0n) is 13.8. The smallest absolute Gasteiger partial charge is 0.340 e. The number of nitrogens with one attached hydrogen (secondary N) is 2. The van der Waals surface area contributed by atoms with Crippen molar-refractivity contribution in [2.45, 2.75) is 0 Å². The Hall–Kier alpha value is -3.61. The fourth-order valence-electron chi connectivity index (χ4n) is 2.55. The highest BCUT2D eigenvalue weighted by molar-refractivity contribution is 6.01. The molecule has 0 radical (unpaired) electrons. The Morgan fingerprint density at radius 1 is 1.19 bits per heavy atom. The van der Waals surface area contributed by atoms with E-state index in [1.54, 1.807) is 36.4 Å². The number of benzene rings is 2. The Morgan fingerprint density at radius 2 is 1.96 bits per heavy atom. The molecule has 2 aromatic carbocycles. The number of carbonyl (C=O) groups excluding carboxylic acids is 2. The normalized spacial score (nSPS) is 10.2. The van der Waals surface area contributed by atoms with Gasteiger partial charge in [-0.1, -0.05) is 18.2 Å². The summed E-state index contributed by atoms with van der Waals surface area (Å²) in [6.07, 6.45) is 1.78. The van der Waals surface area contributed by atoms with Crippen LogP contribution in [0.3, 0.4) is 0 Å². The van der Waals surface area contributed by atoms with Crippen LogP contribution in [0.2, 0.25) is 0 Å². The number of methoxy groups -OCH3 is 1. The van der Waals surface area contributed by atoms with Crippen LogP contribution in [-0.2, 0) is 9.53 Å². The number of hydrogen-bond acceptors (Lipinski definition) is 5. The Balaban J connectivity index is 2.24. The molecule has 0 unspecified atom stereocenters. The molecule has 0 aliphatic rings. The minimum absolute atomic E-state index is 0.0215. The van der Waals surface area contributed by atoms with Crippen LogP contribution >= 0.6 is 0 Å². The van der Waals surface area contributed by atoms with Crippen molar-refractivity contribution < 1.29 is 23.1 Å². The van der Waals surface area contributed by atoms with Crippen molar-refractivity contribution in [3.05, 3.63) is 66.2 Å². The first-order chi connectivity index (χ1) is 12.7. The Morgan fingerprint density at radius 3 is 2.58 bits per heavy atom. The van der Waals surface area contributed by atoms with Gasteiger partial charge in [-0.15, -0.1) is 0 Å². The number of ether oxygens (including phenoxy) is 1. The van der Waals surface area contributed by atoms with E-state index in [4.69, 9.17) is 9.15 Å². The van der Waals surface area contributed by atoms with Crippen molar-refractivity contribution in [2.75, 3.05) is 17.7 Å². The van der Waals surface area contributed by atoms with Gasteiger partial charge in [0.05, 0.1) is 35.9 Å². The van der Waals surface area contributed by atoms with E-state index in [0.29, 0.717) is 12.1 Å². The molecule has 2 N–H and O–H groups in total. The lowest BCUT2D eigenvalue weighted by molar-refractivity contribution is -0.105. The molecule has 7 heteroatoms. The third-order valence-electron chi connectivity index (χ3n) is 3.70. The van der Waals surface area contributed by atoms with E-state index in [1.165, 1.54) is 19.4 Å². The van der Waals surface area contributed by atoms with Crippen molar-refractivity contribution in [3.63, 3.8) is 0 Å². The molecule has 0 atom stereocenters. The fraction of sp³-hybridized carbons (Fsp3) is 0.0526. The van der Waals surface area contributed by atoms with Gasteiger partial charge in [0.25, 0.3) is 0 Å². The second-order valence-electron chi connectivity index (χ2n) is 5.26. The molecule has 1 heterocycles. The highest BCUT2D eigenvalue weighted by atomic mass is 19.1. The summed E-state index contributed by atoms with van der Waals surface area (Å²) in [5.41, 5.74) is 0.553. The first kappa shape index (κ1) is 17.2. The molecule has 0 fully saturated rings. The molecule has 132 valence electrons. The maximum absolute atomic E-state index is 15.4. The summed E-state index contributed by atoms with van der Waals surface area (Å²) in [6.45, 7) is 0. The molecule has 0 aliphatic heterocycles. The number of anilines is 3. The van der Waals surface area contributed by atoms with Gasteiger partial charge in [0, 0.05) is 5.69 Å². The number of hydrogen-bond donors (Lipinski definition) is 2. The predicted molar refractivity (Wildman–Crippen MR) is 94.9 cm³/mol. The molecule has 3 rings (SSSR count). The van der Waals surface area contributed by atoms with E-state index in [2.05, 4.69) is 10.6 Å². The molecule has 3 aromatic rings. The number of carbonyl (C=O) groups is 2. The molecule has 0 saturated carbocycles. The highest BCUT2D eigenvalue weighted by Crippen LogP contribution is 2.39. The SMILES string of the molecule is COC(=O)c1cc(NC=O)c(-c2ccco2)c(F)c1Nc1ccccc1. The lowest BCUT2D eigenvalue weighted by Crippen LogP contribution is -2.11. The van der Waals surface area contributed by atoms with Crippen molar-refractivity contribution in [2.24, 2.45) is 0 Å². The van der Waals surface area contributed by atoms with Gasteiger partial charge < -0.3 is 19.8 Å². The number of esters is 1. The molecular weight excluding hydrogens is 339 g/mol. The van der Waals surface area contributed by atoms with Crippen LogP contribution in [0.15, 0.2) is 59.2 Å². The Kier molecular flexibility index (Phi) is 4.98. The maximum atomic E-state index is 15.4. The third kappa shape index (κ3) is 3.27. The van der Waals surface area contributed by atoms with Gasteiger partial charge in [-0.2, -0.15) is 0 Å². The van der Waals surface area contributed by atoms with E-state index < -0.39 is 11.8 Å². The van der Waals surface area contributed by atoms with Crippen molar-refractivity contribution in [1.82, 2.24) is 0 Å². The molecule has 0 saturated heterocycles. The summed E-state index contributed by atoms with van der Waals surface area (Å²) in [7, 11) is 1.19. The molecular formula is C19H15FN2O4. The van der Waals surface area contributed by atoms with E-state index in [-0.39, 0.29) is 28.3 Å². The summed E-state index contributed by atoms with van der Waals surface area (Å²) in [5.74, 6) is -1.29. The van der Waals surface area contributed by atoms with E-state index in [0.717, 1.165) is 0 Å². The summed E-state index contributed by atoms with van der Waals surface area (Å²) < 4.78 is 25.4. The largest absolute Gasteiger partial charge is 0.465 e. The summed E-state index contributed by atoms with van der Waals surface area (Å²) >= 11 is 0. The second kappa shape index (κ2) is 7.52. The zero-order chi connectivity index (χ0) is 18.5. The van der Waals surface area contributed by atoms with E-state index >= 15 is 4.39 Å². The lowest BCUT2D eigenvalue weighted by atomic mass is 10.0. The average Bonchev–Trinajstić information content (AvgIpc) is 3.18. The first-order valence-electron chi connectivity index (χ1n) is 7.66. The van der Waals surface area contributed by atoms with E-state index in [9.17, 15) is 9.59 Å². The number of rotatable bonds is 6. The van der Waals surface area contributed by atoms with Crippen LogP contribution in [0.4, 0.5) is 21.5 Å². The van der Waals surface area contributed by atoms with Crippen molar-refractivity contribution >= 4 is 29.4 Å². The van der Waals surface area contributed by atoms with Gasteiger partial charge >= 0.3 is 5.97 Å². The lowest BCUT2D eigenvalue weighted by Gasteiger charge is -2.17. The van der Waals surface area contributed by atoms with Gasteiger partial charge in [0.1, 0.15) is 5.76 Å². The minimum atomic E-state index is -0.754. The monoisotopic (exact) mass is 354 g/mol. The summed E-state index contributed by atoms with van der Waals surface area (Å²) in [4.78, 5) is 23.1. The zero-order valence-corrected chi connectivity index (χ0v) is 13.8. The van der Waals surface area contributed by atoms with Gasteiger partial charge in [-0.05, 0) is 30.3 Å². The van der Waals surface area contributed by atoms with Gasteiger partial charge in [0.15, 0.2) is 5.82 Å². The van der Waals surface area contributed by atoms with Crippen LogP contribution in [0.25, 0.3) is 11.3 Å². The first-order valence-corrected chi connectivity index (χ1v) is 7.66. The van der Waals surface area contributed by atoms with Gasteiger partial charge in [-0.3, -0.25) is 4.79 Å². The van der Waals surface area contributed by atoms with Gasteiger partial charge in [-0.25, -0.2) is 9.18 Å². The quantitative estimate of drug-likeness (QED) is 0.513. The topological polar surface area (TPSA) is 80.6 Å². The summed E-state index contributed by atoms with van der Waals surface area (Å²) in [5, 5.41) is 5.29. The number of halogens is 1. The molecule has 0 aliphatic carbocycles. The molecule has 1 amide bonds. The minimum Gasteiger partial charge on any atom is -0.465 e. The predicted octanol–water partition coefficient (Wildman–Crippen LogP) is 4.18. The second-order valence-corrected chi connectivity index (χ2v) is 5.26. The highest BCUT2D eigenvalue weighted by Gasteiger charge is 2.25. The van der Waals surface area contributed by atoms with Crippen molar-refractivity contribution in [1.29, 1.82) is 0 Å². The van der Waals surface area contributed by atoms with Crippen LogP contribution < -0.4 is 10.6 Å². The number of amides is 1. The van der Waals surface area contributed by atoms with Crippen molar-refractivity contribution in [3.8, 4) is 11.3 Å². The Labute approximate surface area is 148 Å². The molecule has 1 aromatic heterocycles. The van der Waals surface area contributed by atoms with Crippen LogP contribution in [0.1, 0.15) is 10.4 Å². The molecule has 0 bridgehead atoms. The molecule has 0 spiro atoms. The number of furan rings is 1. The standard InChI is InChI=1S/C19H15FN2O4/c1-25-19(24)13-10-14(21-11-23)16(15-8-5-9-26-15)17(20)18(13)22-12-6-3-2-4-7-12/h2-11,22H,1H3,(H,21,23). The van der Waals surface area contributed by atoms with Crippen LogP contribution in [0, 0.1) is 5.82 Å². The fourth-order valence-corrected chi connectivity index (χ4v) is 2.55. The molecule has 6 nitrogen and oxygen atoms in total. The summed E-state index contributed by atoms with van der Waals surface area (Å²) in [6, 6.07) is 13.3. The molecule has 26 heavy (non-hydrogen) atoms. The van der Waals surface area contributed by atoms with E-state index in [1.807, 2.05) is 6.07 Å². The third-order valence-corrected chi connectivity index (χ3v) is 3.70. The number of para-hydroxylation sites is 1. The Bertz CT molecular complexity index is 924. The van der Waals surface area contributed by atoms with Crippen LogP contribution in [0.5, 0.6) is 0 Å². The maximum Gasteiger partial charge on any atom is 0.340 e. The van der Waals surface area contributed by atoms with Gasteiger partial charge in [0.2, 0.25) is 6.41 Å². The average molecular weight is 354 g/mol.